The van der Waals surface area contributed by atoms with Crippen molar-refractivity contribution in [2.24, 2.45) is 0 Å². The highest BCUT2D eigenvalue weighted by Gasteiger charge is 2.23. The zero-order chi connectivity index (χ0) is 24.1. The zero-order valence-corrected chi connectivity index (χ0v) is 22.1. The van der Waals surface area contributed by atoms with Crippen molar-refractivity contribution >= 4 is 77.6 Å². The fourth-order valence-corrected chi connectivity index (χ4v) is 6.80. The van der Waals surface area contributed by atoms with Crippen molar-refractivity contribution in [3.05, 3.63) is 116 Å². The molecule has 6 rings (SSSR count). The Morgan fingerprint density at radius 3 is 1.77 bits per heavy atom. The summed E-state index contributed by atoms with van der Waals surface area (Å²) in [5, 5.41) is 3.02. The van der Waals surface area contributed by atoms with Crippen LogP contribution in [0, 0.1) is 0 Å². The molecule has 0 N–H and O–H groups in total. The molecule has 5 aromatic rings. The van der Waals surface area contributed by atoms with Crippen LogP contribution in [0.15, 0.2) is 95.8 Å². The molecule has 0 amide bonds. The minimum atomic E-state index is 0.538. The van der Waals surface area contributed by atoms with E-state index in [9.17, 15) is 0 Å². The first-order chi connectivity index (χ1) is 17.0. The van der Waals surface area contributed by atoms with Gasteiger partial charge >= 0.3 is 0 Å². The van der Waals surface area contributed by atoms with Crippen LogP contribution in [-0.2, 0) is 0 Å². The summed E-state index contributed by atoms with van der Waals surface area (Å²) >= 11 is 15.9. The topological polar surface area (TPSA) is 29.0 Å². The third-order valence-corrected chi connectivity index (χ3v) is 8.75. The van der Waals surface area contributed by atoms with Gasteiger partial charge in [-0.15, -0.1) is 22.7 Å². The molecule has 0 unspecified atom stereocenters. The van der Waals surface area contributed by atoms with Gasteiger partial charge < -0.3 is 4.90 Å². The number of hydrogen-bond acceptors (Lipinski definition) is 5. The zero-order valence-electron chi connectivity index (χ0n) is 18.9. The Morgan fingerprint density at radius 1 is 0.714 bits per heavy atom. The summed E-state index contributed by atoms with van der Waals surface area (Å²) in [5.74, 6) is 0. The van der Waals surface area contributed by atoms with E-state index in [0.29, 0.717) is 10.0 Å². The second-order valence-electron chi connectivity index (χ2n) is 8.31. The van der Waals surface area contributed by atoms with Gasteiger partial charge in [0.05, 0.1) is 36.1 Å². The van der Waals surface area contributed by atoms with Crippen molar-refractivity contribution in [3.63, 3.8) is 0 Å². The van der Waals surface area contributed by atoms with Crippen LogP contribution in [0.4, 0.5) is 5.69 Å². The Labute approximate surface area is 221 Å². The molecular formula is C28H19Cl2N3S2. The number of anilines is 1. The third kappa shape index (κ3) is 4.09. The SMILES string of the molecule is CC1=CC(=C(c2nc3ccccc3s2)c2nc3ccccc3s2)C=C(C)N1c1ccc(Cl)c(Cl)c1. The molecule has 3 aromatic carbocycles. The second-order valence-corrected chi connectivity index (χ2v) is 11.2. The number of para-hydroxylation sites is 2. The first-order valence-corrected chi connectivity index (χ1v) is 13.4. The Balaban J connectivity index is 1.56. The molecular weight excluding hydrogens is 513 g/mol. The Bertz CT molecular complexity index is 1540. The second kappa shape index (κ2) is 8.92. The first-order valence-electron chi connectivity index (χ1n) is 11.1. The highest BCUT2D eigenvalue weighted by molar-refractivity contribution is 7.22. The van der Waals surface area contributed by atoms with Crippen LogP contribution in [0.3, 0.4) is 0 Å². The molecule has 0 bridgehead atoms. The van der Waals surface area contributed by atoms with Crippen LogP contribution >= 0.6 is 45.9 Å². The highest BCUT2D eigenvalue weighted by atomic mass is 35.5. The summed E-state index contributed by atoms with van der Waals surface area (Å²) < 4.78 is 2.33. The number of thiazole rings is 2. The van der Waals surface area contributed by atoms with Crippen molar-refractivity contribution in [3.8, 4) is 0 Å². The standard InChI is InChI=1S/C28H19Cl2N3S2/c1-16-13-18(14-17(2)33(16)19-11-12-20(29)21(30)15-19)26(27-31-22-7-3-5-9-24(22)34-27)28-32-23-8-4-6-10-25(23)35-28/h3-15H,1-2H3. The van der Waals surface area contributed by atoms with Gasteiger partial charge in [-0.2, -0.15) is 0 Å². The summed E-state index contributed by atoms with van der Waals surface area (Å²) in [6.07, 6.45) is 4.39. The van der Waals surface area contributed by atoms with Crippen molar-refractivity contribution in [2.75, 3.05) is 4.90 Å². The Morgan fingerprint density at radius 2 is 1.26 bits per heavy atom. The predicted molar refractivity (Wildman–Crippen MR) is 152 cm³/mol. The van der Waals surface area contributed by atoms with Crippen LogP contribution in [0.2, 0.25) is 10.0 Å². The van der Waals surface area contributed by atoms with Crippen molar-refractivity contribution < 1.29 is 0 Å². The number of aromatic nitrogens is 2. The fourth-order valence-electron chi connectivity index (χ4n) is 4.37. The van der Waals surface area contributed by atoms with E-state index in [1.807, 2.05) is 30.3 Å². The van der Waals surface area contributed by atoms with Crippen LogP contribution in [0.1, 0.15) is 23.9 Å². The van der Waals surface area contributed by atoms with E-state index in [1.165, 1.54) is 0 Å². The summed E-state index contributed by atoms with van der Waals surface area (Å²) in [4.78, 5) is 12.2. The van der Waals surface area contributed by atoms with Gasteiger partial charge in [0, 0.05) is 17.1 Å². The largest absolute Gasteiger partial charge is 0.318 e. The normalized spacial score (nSPS) is 13.9. The number of nitrogens with zero attached hydrogens (tertiary/aromatic N) is 3. The molecule has 172 valence electrons. The lowest BCUT2D eigenvalue weighted by atomic mass is 10.0. The average molecular weight is 533 g/mol. The Hall–Kier alpha value is -2.96. The smallest absolute Gasteiger partial charge is 0.128 e. The van der Waals surface area contributed by atoms with Gasteiger partial charge in [0.1, 0.15) is 10.0 Å². The fraction of sp³-hybridized carbons (Fsp3) is 0.0714. The van der Waals surface area contributed by atoms with Crippen molar-refractivity contribution in [1.29, 1.82) is 0 Å². The summed E-state index contributed by atoms with van der Waals surface area (Å²) in [7, 11) is 0. The van der Waals surface area contributed by atoms with Crippen LogP contribution in [-0.4, -0.2) is 9.97 Å². The van der Waals surface area contributed by atoms with Crippen molar-refractivity contribution in [2.45, 2.75) is 13.8 Å². The van der Waals surface area contributed by atoms with E-state index in [-0.39, 0.29) is 0 Å². The lowest BCUT2D eigenvalue weighted by Crippen LogP contribution is -2.21. The van der Waals surface area contributed by atoms with Crippen molar-refractivity contribution in [1.82, 2.24) is 9.97 Å². The molecule has 3 nitrogen and oxygen atoms in total. The first kappa shape index (κ1) is 22.5. The van der Waals surface area contributed by atoms with Gasteiger partial charge in [-0.05, 0) is 74.0 Å². The quantitative estimate of drug-likeness (QED) is 0.232. The maximum atomic E-state index is 6.32. The van der Waals surface area contributed by atoms with E-state index >= 15 is 0 Å². The van der Waals surface area contributed by atoms with E-state index in [1.54, 1.807) is 22.7 Å². The molecule has 3 heterocycles. The van der Waals surface area contributed by atoms with Gasteiger partial charge in [-0.1, -0.05) is 47.5 Å². The van der Waals surface area contributed by atoms with Crippen LogP contribution in [0.25, 0.3) is 26.0 Å². The number of halogens is 2. The minimum Gasteiger partial charge on any atom is -0.318 e. The van der Waals surface area contributed by atoms with Gasteiger partial charge in [0.15, 0.2) is 0 Å². The summed E-state index contributed by atoms with van der Waals surface area (Å²) in [6.45, 7) is 4.21. The van der Waals surface area contributed by atoms with Gasteiger partial charge in [-0.25, -0.2) is 9.97 Å². The number of rotatable bonds is 3. The molecule has 0 atom stereocenters. The molecule has 0 fully saturated rings. The molecule has 0 spiro atoms. The predicted octanol–water partition coefficient (Wildman–Crippen LogP) is 9.34. The van der Waals surface area contributed by atoms with Gasteiger partial charge in [0.2, 0.25) is 0 Å². The molecule has 0 saturated heterocycles. The molecule has 1 aliphatic rings. The molecule has 2 aromatic heterocycles. The molecule has 0 radical (unpaired) electrons. The van der Waals surface area contributed by atoms with Crippen LogP contribution < -0.4 is 4.90 Å². The minimum absolute atomic E-state index is 0.538. The maximum absolute atomic E-state index is 6.32. The maximum Gasteiger partial charge on any atom is 0.128 e. The molecule has 0 aliphatic carbocycles. The monoisotopic (exact) mass is 531 g/mol. The highest BCUT2D eigenvalue weighted by Crippen LogP contribution is 2.41. The summed E-state index contributed by atoms with van der Waals surface area (Å²) in [6, 6.07) is 22.2. The average Bonchev–Trinajstić information content (AvgIpc) is 3.45. The van der Waals surface area contributed by atoms with E-state index < -0.39 is 0 Å². The number of allylic oxidation sites excluding steroid dienone is 5. The molecule has 35 heavy (non-hydrogen) atoms. The van der Waals surface area contributed by atoms with Gasteiger partial charge in [0.25, 0.3) is 0 Å². The van der Waals surface area contributed by atoms with Gasteiger partial charge in [-0.3, -0.25) is 0 Å². The number of fused-ring (bicyclic) bond motifs is 2. The molecule has 1 aliphatic heterocycles. The number of hydrogen-bond donors (Lipinski definition) is 0. The molecule has 0 saturated carbocycles. The summed E-state index contributed by atoms with van der Waals surface area (Å²) in [5.41, 5.74) is 7.29. The van der Waals surface area contributed by atoms with E-state index in [0.717, 1.165) is 58.7 Å². The van der Waals surface area contributed by atoms with E-state index in [4.69, 9.17) is 33.2 Å². The van der Waals surface area contributed by atoms with E-state index in [2.05, 4.69) is 67.3 Å². The Kier molecular flexibility index (Phi) is 5.73. The third-order valence-electron chi connectivity index (χ3n) is 5.90. The molecule has 7 heteroatoms. The number of benzene rings is 3. The lowest BCUT2D eigenvalue weighted by molar-refractivity contribution is 1.04. The van der Waals surface area contributed by atoms with Crippen LogP contribution in [0.5, 0.6) is 0 Å². The lowest BCUT2D eigenvalue weighted by Gasteiger charge is -2.30.